The van der Waals surface area contributed by atoms with Crippen LogP contribution in [0.15, 0.2) is 34.5 Å². The average Bonchev–Trinajstić information content (AvgIpc) is 3.25. The van der Waals surface area contributed by atoms with Gasteiger partial charge in [-0.2, -0.15) is 16.1 Å². The Kier molecular flexibility index (Phi) is 6.34. The topological polar surface area (TPSA) is 66.5 Å². The van der Waals surface area contributed by atoms with E-state index in [1.54, 1.807) is 23.2 Å². The summed E-state index contributed by atoms with van der Waals surface area (Å²) in [6.07, 6.45) is 4.67. The molecule has 2 aliphatic rings. The first-order valence-electron chi connectivity index (χ1n) is 10.0. The molecule has 1 aromatic carbocycles. The van der Waals surface area contributed by atoms with Gasteiger partial charge in [-0.05, 0) is 60.7 Å². The number of benzene rings is 1. The number of carbonyl (C=O) groups excluding carboxylic acids is 1. The van der Waals surface area contributed by atoms with Gasteiger partial charge in [0.1, 0.15) is 9.77 Å². The van der Waals surface area contributed by atoms with Crippen molar-refractivity contribution < 1.29 is 13.2 Å². The molecule has 0 bridgehead atoms. The number of hydrogen-bond donors (Lipinski definition) is 1. The van der Waals surface area contributed by atoms with Crippen LogP contribution < -0.4 is 5.32 Å². The van der Waals surface area contributed by atoms with Crippen molar-refractivity contribution in [2.75, 3.05) is 24.6 Å². The van der Waals surface area contributed by atoms with E-state index >= 15 is 0 Å². The standard InChI is InChI=1S/C21H26N2O3S3/c1-15(17-7-6-16-4-2-3-5-18(16)14-17)22-21(24)20-19(8-11-28-20)29(25,26)23-9-12-27-13-10-23/h6-8,11,14-15H,2-5,9-10,12-13H2,1H3,(H,22,24). The van der Waals surface area contributed by atoms with Crippen LogP contribution in [0.25, 0.3) is 0 Å². The molecule has 29 heavy (non-hydrogen) atoms. The second-order valence-corrected chi connectivity index (χ2v) is 11.6. The molecule has 5 nitrogen and oxygen atoms in total. The van der Waals surface area contributed by atoms with Gasteiger partial charge in [0.25, 0.3) is 5.91 Å². The van der Waals surface area contributed by atoms with Crippen molar-refractivity contribution in [3.05, 3.63) is 51.2 Å². The van der Waals surface area contributed by atoms with Gasteiger partial charge < -0.3 is 5.32 Å². The van der Waals surface area contributed by atoms with E-state index in [4.69, 9.17) is 0 Å². The second-order valence-electron chi connectivity index (χ2n) is 7.56. The molecule has 0 spiro atoms. The van der Waals surface area contributed by atoms with Gasteiger partial charge >= 0.3 is 0 Å². The quantitative estimate of drug-likeness (QED) is 0.751. The summed E-state index contributed by atoms with van der Waals surface area (Å²) in [6.45, 7) is 2.94. The number of thioether (sulfide) groups is 1. The Morgan fingerprint density at radius 3 is 2.59 bits per heavy atom. The molecule has 1 aromatic heterocycles. The normalized spacial score (nSPS) is 18.8. The van der Waals surface area contributed by atoms with Crippen molar-refractivity contribution in [2.24, 2.45) is 0 Å². The lowest BCUT2D eigenvalue weighted by Crippen LogP contribution is -2.38. The van der Waals surface area contributed by atoms with Gasteiger partial charge in [-0.1, -0.05) is 18.2 Å². The minimum absolute atomic E-state index is 0.129. The number of amides is 1. The number of thiophene rings is 1. The second kappa shape index (κ2) is 8.79. The van der Waals surface area contributed by atoms with Crippen LogP contribution in [0.2, 0.25) is 0 Å². The Balaban J connectivity index is 1.51. The van der Waals surface area contributed by atoms with Gasteiger partial charge in [0, 0.05) is 24.6 Å². The predicted molar refractivity (Wildman–Crippen MR) is 119 cm³/mol. The molecule has 1 fully saturated rings. The molecule has 156 valence electrons. The molecule has 8 heteroatoms. The van der Waals surface area contributed by atoms with E-state index in [0.717, 1.165) is 29.9 Å². The summed E-state index contributed by atoms with van der Waals surface area (Å²) in [5.74, 6) is 1.26. The zero-order valence-corrected chi connectivity index (χ0v) is 19.0. The molecule has 2 aromatic rings. The monoisotopic (exact) mass is 450 g/mol. The van der Waals surface area contributed by atoms with Crippen LogP contribution >= 0.6 is 23.1 Å². The third kappa shape index (κ3) is 4.40. The van der Waals surface area contributed by atoms with E-state index < -0.39 is 10.0 Å². The summed E-state index contributed by atoms with van der Waals surface area (Å²) in [7, 11) is -3.64. The van der Waals surface area contributed by atoms with Crippen LogP contribution in [0.5, 0.6) is 0 Å². The number of hydrogen-bond acceptors (Lipinski definition) is 5. The zero-order chi connectivity index (χ0) is 20.4. The molecule has 1 unspecified atom stereocenters. The van der Waals surface area contributed by atoms with Gasteiger partial charge in [0.15, 0.2) is 0 Å². The Bertz CT molecular complexity index is 994. The van der Waals surface area contributed by atoms with Gasteiger partial charge in [-0.25, -0.2) is 8.42 Å². The van der Waals surface area contributed by atoms with Crippen LogP contribution in [-0.4, -0.2) is 43.2 Å². The summed E-state index contributed by atoms with van der Waals surface area (Å²) < 4.78 is 27.6. The molecule has 1 atom stereocenters. The zero-order valence-electron chi connectivity index (χ0n) is 16.5. The van der Waals surface area contributed by atoms with Gasteiger partial charge in [0.2, 0.25) is 10.0 Å². The van der Waals surface area contributed by atoms with Crippen molar-refractivity contribution >= 4 is 39.0 Å². The Morgan fingerprint density at radius 2 is 1.83 bits per heavy atom. The minimum atomic E-state index is -3.64. The molecule has 0 radical (unpaired) electrons. The number of fused-ring (bicyclic) bond motifs is 1. The van der Waals surface area contributed by atoms with Gasteiger partial charge in [-0.3, -0.25) is 4.79 Å². The summed E-state index contributed by atoms with van der Waals surface area (Å²) in [5.41, 5.74) is 3.84. The molecular weight excluding hydrogens is 424 g/mol. The van der Waals surface area contributed by atoms with E-state index in [1.165, 1.54) is 39.6 Å². The van der Waals surface area contributed by atoms with E-state index in [-0.39, 0.29) is 21.7 Å². The maximum absolute atomic E-state index is 13.0. The Morgan fingerprint density at radius 1 is 1.10 bits per heavy atom. The number of carbonyl (C=O) groups is 1. The predicted octanol–water partition coefficient (Wildman–Crippen LogP) is 3.86. The summed E-state index contributed by atoms with van der Waals surface area (Å²) in [6, 6.07) is 7.81. The van der Waals surface area contributed by atoms with E-state index in [1.807, 2.05) is 6.92 Å². The Hall–Kier alpha value is -1.35. The Labute approximate surface area is 180 Å². The highest BCUT2D eigenvalue weighted by Gasteiger charge is 2.31. The maximum atomic E-state index is 13.0. The fourth-order valence-corrected chi connectivity index (χ4v) is 7.84. The molecule has 1 amide bonds. The van der Waals surface area contributed by atoms with Crippen molar-refractivity contribution in [1.82, 2.24) is 9.62 Å². The molecule has 1 aliphatic carbocycles. The molecular formula is C21H26N2O3S3. The van der Waals surface area contributed by atoms with Crippen LogP contribution in [0.3, 0.4) is 0 Å². The first kappa shape index (κ1) is 20.9. The van der Waals surface area contributed by atoms with Crippen molar-refractivity contribution in [1.29, 1.82) is 0 Å². The highest BCUT2D eigenvalue weighted by molar-refractivity contribution is 7.99. The van der Waals surface area contributed by atoms with Crippen molar-refractivity contribution in [2.45, 2.75) is 43.5 Å². The lowest BCUT2D eigenvalue weighted by atomic mass is 9.89. The van der Waals surface area contributed by atoms with Crippen LogP contribution in [0.4, 0.5) is 0 Å². The molecule has 4 rings (SSSR count). The number of rotatable bonds is 5. The van der Waals surface area contributed by atoms with E-state index in [0.29, 0.717) is 13.1 Å². The maximum Gasteiger partial charge on any atom is 0.263 e. The minimum Gasteiger partial charge on any atom is -0.345 e. The number of nitrogens with one attached hydrogen (secondary N) is 1. The average molecular weight is 451 g/mol. The lowest BCUT2D eigenvalue weighted by molar-refractivity contribution is 0.0941. The summed E-state index contributed by atoms with van der Waals surface area (Å²) in [5, 5.41) is 4.69. The summed E-state index contributed by atoms with van der Waals surface area (Å²) >= 11 is 2.94. The van der Waals surface area contributed by atoms with Crippen LogP contribution in [-0.2, 0) is 22.9 Å². The first-order valence-corrected chi connectivity index (χ1v) is 13.5. The van der Waals surface area contributed by atoms with Crippen LogP contribution in [0.1, 0.15) is 52.2 Å². The van der Waals surface area contributed by atoms with E-state index in [2.05, 4.69) is 23.5 Å². The number of nitrogens with zero attached hydrogens (tertiary/aromatic N) is 1. The number of aryl methyl sites for hydroxylation is 2. The van der Waals surface area contributed by atoms with Crippen molar-refractivity contribution in [3.63, 3.8) is 0 Å². The van der Waals surface area contributed by atoms with Crippen molar-refractivity contribution in [3.8, 4) is 0 Å². The lowest BCUT2D eigenvalue weighted by Gasteiger charge is -2.25. The molecule has 1 saturated heterocycles. The summed E-state index contributed by atoms with van der Waals surface area (Å²) in [4.78, 5) is 13.3. The fourth-order valence-electron chi connectivity index (χ4n) is 3.96. The first-order chi connectivity index (χ1) is 14.0. The smallest absolute Gasteiger partial charge is 0.263 e. The van der Waals surface area contributed by atoms with E-state index in [9.17, 15) is 13.2 Å². The largest absolute Gasteiger partial charge is 0.345 e. The molecule has 2 heterocycles. The van der Waals surface area contributed by atoms with Crippen LogP contribution in [0, 0.1) is 0 Å². The van der Waals surface area contributed by atoms with Gasteiger partial charge in [-0.15, -0.1) is 11.3 Å². The number of sulfonamides is 1. The highest BCUT2D eigenvalue weighted by atomic mass is 32.2. The molecule has 0 saturated carbocycles. The highest BCUT2D eigenvalue weighted by Crippen LogP contribution is 2.29. The third-order valence-corrected chi connectivity index (χ3v) is 9.57. The van der Waals surface area contributed by atoms with Gasteiger partial charge in [0.05, 0.1) is 6.04 Å². The third-order valence-electron chi connectivity index (χ3n) is 5.64. The fraction of sp³-hybridized carbons (Fsp3) is 0.476. The SMILES string of the molecule is CC(NC(=O)c1sccc1S(=O)(=O)N1CCSCC1)c1ccc2c(c1)CCCC2. The molecule has 1 N–H and O–H groups in total. The molecule has 1 aliphatic heterocycles.